The Morgan fingerprint density at radius 3 is 2.81 bits per heavy atom. The summed E-state index contributed by atoms with van der Waals surface area (Å²) in [5.41, 5.74) is 7.14. The predicted molar refractivity (Wildman–Crippen MR) is 84.1 cm³/mol. The minimum absolute atomic E-state index is 0.211. The van der Waals surface area contributed by atoms with Gasteiger partial charge in [-0.1, -0.05) is 24.0 Å². The van der Waals surface area contributed by atoms with Crippen LogP contribution in [-0.2, 0) is 0 Å². The number of nitrogens with two attached hydrogens (primary N) is 1. The van der Waals surface area contributed by atoms with Gasteiger partial charge in [0, 0.05) is 0 Å². The van der Waals surface area contributed by atoms with Crippen LogP contribution in [0, 0.1) is 31.5 Å². The van der Waals surface area contributed by atoms with Crippen molar-refractivity contribution in [2.75, 3.05) is 11.9 Å². The number of rotatable bonds is 2. The van der Waals surface area contributed by atoms with E-state index in [-0.39, 0.29) is 18.1 Å². The van der Waals surface area contributed by atoms with Gasteiger partial charge in [0.1, 0.15) is 5.82 Å². The number of benzene rings is 1. The molecule has 0 aliphatic rings. The lowest BCUT2D eigenvalue weighted by molar-refractivity contribution is 0.103. The SMILES string of the molecule is Cc1cc(C(=O)Nc2c(C)cccc2F)sc1C#CCN. The molecule has 0 atom stereocenters. The van der Waals surface area contributed by atoms with Gasteiger partial charge in [0.25, 0.3) is 5.91 Å². The van der Waals surface area contributed by atoms with E-state index in [1.807, 2.05) is 6.92 Å². The fourth-order valence-corrected chi connectivity index (χ4v) is 2.76. The molecule has 0 spiro atoms. The van der Waals surface area contributed by atoms with Crippen molar-refractivity contribution < 1.29 is 9.18 Å². The van der Waals surface area contributed by atoms with Gasteiger partial charge < -0.3 is 11.1 Å². The van der Waals surface area contributed by atoms with E-state index in [4.69, 9.17) is 5.73 Å². The maximum absolute atomic E-state index is 13.7. The zero-order valence-corrected chi connectivity index (χ0v) is 12.6. The van der Waals surface area contributed by atoms with E-state index >= 15 is 0 Å². The van der Waals surface area contributed by atoms with E-state index in [1.165, 1.54) is 17.4 Å². The fourth-order valence-electron chi connectivity index (χ4n) is 1.81. The molecule has 0 aliphatic heterocycles. The molecule has 0 fully saturated rings. The smallest absolute Gasteiger partial charge is 0.265 e. The van der Waals surface area contributed by atoms with E-state index < -0.39 is 5.82 Å². The van der Waals surface area contributed by atoms with E-state index in [0.29, 0.717) is 10.4 Å². The molecule has 3 nitrogen and oxygen atoms in total. The highest BCUT2D eigenvalue weighted by Gasteiger charge is 2.14. The number of nitrogens with one attached hydrogen (secondary N) is 1. The highest BCUT2D eigenvalue weighted by Crippen LogP contribution is 2.24. The molecule has 1 heterocycles. The summed E-state index contributed by atoms with van der Waals surface area (Å²) in [5, 5.41) is 2.62. The number of para-hydroxylation sites is 1. The van der Waals surface area contributed by atoms with Gasteiger partial charge in [-0.05, 0) is 37.1 Å². The molecular formula is C16H15FN2OS. The topological polar surface area (TPSA) is 55.1 Å². The van der Waals surface area contributed by atoms with Crippen LogP contribution < -0.4 is 11.1 Å². The monoisotopic (exact) mass is 302 g/mol. The average Bonchev–Trinajstić information content (AvgIpc) is 2.82. The Hall–Kier alpha value is -2.16. The molecule has 108 valence electrons. The highest BCUT2D eigenvalue weighted by atomic mass is 32.1. The van der Waals surface area contributed by atoms with Crippen LogP contribution in [0.2, 0.25) is 0 Å². The molecule has 5 heteroatoms. The molecule has 0 aliphatic carbocycles. The Morgan fingerprint density at radius 1 is 1.38 bits per heavy atom. The van der Waals surface area contributed by atoms with Crippen molar-refractivity contribution in [1.29, 1.82) is 0 Å². The Labute approximate surface area is 127 Å². The van der Waals surface area contributed by atoms with Gasteiger partial charge >= 0.3 is 0 Å². The average molecular weight is 302 g/mol. The molecule has 2 rings (SSSR count). The van der Waals surface area contributed by atoms with E-state index in [9.17, 15) is 9.18 Å². The molecule has 1 amide bonds. The molecule has 21 heavy (non-hydrogen) atoms. The first-order valence-corrected chi connectivity index (χ1v) is 7.20. The molecule has 3 N–H and O–H groups in total. The number of carbonyl (C=O) groups excluding carboxylic acids is 1. The van der Waals surface area contributed by atoms with Crippen molar-refractivity contribution in [2.24, 2.45) is 5.73 Å². The summed E-state index contributed by atoms with van der Waals surface area (Å²) in [5.74, 6) is 4.91. The first kappa shape index (κ1) is 15.2. The molecule has 1 aromatic heterocycles. The molecule has 1 aromatic carbocycles. The van der Waals surface area contributed by atoms with Crippen LogP contribution in [0.3, 0.4) is 0 Å². The minimum Gasteiger partial charge on any atom is -0.320 e. The largest absolute Gasteiger partial charge is 0.320 e. The van der Waals surface area contributed by atoms with Gasteiger partial charge in [-0.25, -0.2) is 4.39 Å². The number of amides is 1. The van der Waals surface area contributed by atoms with Crippen LogP contribution in [0.15, 0.2) is 24.3 Å². The fraction of sp³-hybridized carbons (Fsp3) is 0.188. The number of hydrogen-bond acceptors (Lipinski definition) is 3. The lowest BCUT2D eigenvalue weighted by atomic mass is 10.2. The van der Waals surface area contributed by atoms with Gasteiger partial charge in [-0.15, -0.1) is 11.3 Å². The van der Waals surface area contributed by atoms with E-state index in [0.717, 1.165) is 10.4 Å². The van der Waals surface area contributed by atoms with Crippen LogP contribution in [0.4, 0.5) is 10.1 Å². The zero-order valence-electron chi connectivity index (χ0n) is 11.8. The summed E-state index contributed by atoms with van der Waals surface area (Å²) in [6.45, 7) is 3.89. The van der Waals surface area contributed by atoms with Crippen molar-refractivity contribution in [3.05, 3.63) is 51.0 Å². The number of hydrogen-bond donors (Lipinski definition) is 2. The van der Waals surface area contributed by atoms with Crippen LogP contribution in [-0.4, -0.2) is 12.5 Å². The maximum Gasteiger partial charge on any atom is 0.265 e. The second-order valence-electron chi connectivity index (χ2n) is 4.51. The predicted octanol–water partition coefficient (Wildman–Crippen LogP) is 3.07. The minimum atomic E-state index is -0.445. The molecular weight excluding hydrogens is 287 g/mol. The Bertz CT molecular complexity index is 720. The van der Waals surface area contributed by atoms with Crippen LogP contribution in [0.1, 0.15) is 25.7 Å². The van der Waals surface area contributed by atoms with Gasteiger partial charge in [-0.2, -0.15) is 0 Å². The summed E-state index contributed by atoms with van der Waals surface area (Å²) in [6.07, 6.45) is 0. The lowest BCUT2D eigenvalue weighted by Crippen LogP contribution is -2.12. The first-order valence-electron chi connectivity index (χ1n) is 6.38. The number of anilines is 1. The maximum atomic E-state index is 13.7. The Kier molecular flexibility index (Phi) is 4.73. The van der Waals surface area contributed by atoms with Gasteiger partial charge in [0.15, 0.2) is 0 Å². The van der Waals surface area contributed by atoms with Crippen molar-refractivity contribution >= 4 is 22.9 Å². The van der Waals surface area contributed by atoms with Crippen molar-refractivity contribution in [3.63, 3.8) is 0 Å². The lowest BCUT2D eigenvalue weighted by Gasteiger charge is -2.08. The van der Waals surface area contributed by atoms with Crippen LogP contribution >= 0.6 is 11.3 Å². The third-order valence-electron chi connectivity index (χ3n) is 2.91. The molecule has 0 unspecified atom stereocenters. The Balaban J connectivity index is 2.25. The van der Waals surface area contributed by atoms with E-state index in [1.54, 1.807) is 25.1 Å². The Morgan fingerprint density at radius 2 is 2.14 bits per heavy atom. The van der Waals surface area contributed by atoms with Crippen molar-refractivity contribution in [3.8, 4) is 11.8 Å². The second-order valence-corrected chi connectivity index (χ2v) is 5.57. The summed E-state index contributed by atoms with van der Waals surface area (Å²) in [4.78, 5) is 13.5. The number of carbonyl (C=O) groups is 1. The van der Waals surface area contributed by atoms with Crippen LogP contribution in [0.5, 0.6) is 0 Å². The van der Waals surface area contributed by atoms with Gasteiger partial charge in [0.05, 0.1) is 22.0 Å². The first-order chi connectivity index (χ1) is 10.0. The number of halogens is 1. The van der Waals surface area contributed by atoms with Crippen molar-refractivity contribution in [1.82, 2.24) is 0 Å². The molecule has 0 bridgehead atoms. The molecule has 0 saturated carbocycles. The number of thiophene rings is 1. The number of aryl methyl sites for hydroxylation is 2. The quantitative estimate of drug-likeness (QED) is 0.838. The third kappa shape index (κ3) is 3.48. The van der Waals surface area contributed by atoms with E-state index in [2.05, 4.69) is 17.2 Å². The standard InChI is InChI=1S/C16H15FN2OS/c1-10-5-3-6-12(17)15(10)19-16(20)14-9-11(2)13(21-14)7-4-8-18/h3,5-6,9H,8,18H2,1-2H3,(H,19,20). The normalized spacial score (nSPS) is 9.90. The summed E-state index contributed by atoms with van der Waals surface area (Å²) < 4.78 is 13.7. The second kappa shape index (κ2) is 6.53. The van der Waals surface area contributed by atoms with Gasteiger partial charge in [-0.3, -0.25) is 4.79 Å². The highest BCUT2D eigenvalue weighted by molar-refractivity contribution is 7.14. The summed E-state index contributed by atoms with van der Waals surface area (Å²) in [7, 11) is 0. The molecule has 2 aromatic rings. The third-order valence-corrected chi connectivity index (χ3v) is 4.06. The summed E-state index contributed by atoms with van der Waals surface area (Å²) in [6, 6.07) is 6.42. The van der Waals surface area contributed by atoms with Crippen molar-refractivity contribution in [2.45, 2.75) is 13.8 Å². The summed E-state index contributed by atoms with van der Waals surface area (Å²) >= 11 is 1.27. The zero-order chi connectivity index (χ0) is 15.4. The van der Waals surface area contributed by atoms with Gasteiger partial charge in [0.2, 0.25) is 0 Å². The molecule has 0 saturated heterocycles. The van der Waals surface area contributed by atoms with Crippen LogP contribution in [0.25, 0.3) is 0 Å². The molecule has 0 radical (unpaired) electrons.